The normalized spacial score (nSPS) is 9.64. The van der Waals surface area contributed by atoms with Crippen LogP contribution in [0.15, 0.2) is 12.1 Å². The summed E-state index contributed by atoms with van der Waals surface area (Å²) in [7, 11) is 1.15. The fourth-order valence-electron chi connectivity index (χ4n) is 1.10. The van der Waals surface area contributed by atoms with E-state index in [2.05, 4.69) is 4.74 Å². The molecule has 3 nitrogen and oxygen atoms in total. The van der Waals surface area contributed by atoms with Gasteiger partial charge in [-0.15, -0.1) is 0 Å². The number of benzene rings is 1. The Morgan fingerprint density at radius 2 is 2.14 bits per heavy atom. The Bertz CT molecular complexity index is 385. The summed E-state index contributed by atoms with van der Waals surface area (Å²) in [5, 5.41) is 0. The van der Waals surface area contributed by atoms with Gasteiger partial charge in [-0.05, 0) is 18.6 Å². The van der Waals surface area contributed by atoms with Crippen LogP contribution in [-0.4, -0.2) is 19.4 Å². The third kappa shape index (κ3) is 1.64. The smallest absolute Gasteiger partial charge is 0.340 e. The van der Waals surface area contributed by atoms with Crippen LogP contribution in [0, 0.1) is 12.7 Å². The molecular formula is C10H9FO3. The summed E-state index contributed by atoms with van der Waals surface area (Å²) >= 11 is 0. The Morgan fingerprint density at radius 3 is 2.64 bits per heavy atom. The topological polar surface area (TPSA) is 43.4 Å². The van der Waals surface area contributed by atoms with E-state index in [1.165, 1.54) is 12.1 Å². The highest BCUT2D eigenvalue weighted by Gasteiger charge is 2.16. The molecule has 74 valence electrons. The van der Waals surface area contributed by atoms with E-state index >= 15 is 0 Å². The van der Waals surface area contributed by atoms with Gasteiger partial charge in [0.25, 0.3) is 0 Å². The SMILES string of the molecule is COC(=O)c1ccc(C)c(C=O)c1F. The molecular weight excluding hydrogens is 187 g/mol. The summed E-state index contributed by atoms with van der Waals surface area (Å²) in [4.78, 5) is 21.6. The Hall–Kier alpha value is -1.71. The molecule has 1 aromatic rings. The highest BCUT2D eigenvalue weighted by molar-refractivity contribution is 5.92. The van der Waals surface area contributed by atoms with E-state index in [1.54, 1.807) is 6.92 Å². The van der Waals surface area contributed by atoms with Crippen LogP contribution >= 0.6 is 0 Å². The first-order valence-electron chi connectivity index (χ1n) is 3.94. The van der Waals surface area contributed by atoms with Crippen molar-refractivity contribution in [1.82, 2.24) is 0 Å². The molecule has 0 atom stereocenters. The van der Waals surface area contributed by atoms with Crippen molar-refractivity contribution in [1.29, 1.82) is 0 Å². The van der Waals surface area contributed by atoms with Gasteiger partial charge < -0.3 is 4.74 Å². The summed E-state index contributed by atoms with van der Waals surface area (Å²) in [6.45, 7) is 1.59. The maximum absolute atomic E-state index is 13.4. The zero-order valence-corrected chi connectivity index (χ0v) is 7.83. The molecule has 0 radical (unpaired) electrons. The molecule has 0 aromatic heterocycles. The number of rotatable bonds is 2. The molecule has 0 unspecified atom stereocenters. The van der Waals surface area contributed by atoms with Gasteiger partial charge in [0.15, 0.2) is 6.29 Å². The highest BCUT2D eigenvalue weighted by atomic mass is 19.1. The first-order chi connectivity index (χ1) is 6.61. The predicted octanol–water partition coefficient (Wildman–Crippen LogP) is 1.73. The minimum absolute atomic E-state index is 0.104. The molecule has 0 N–H and O–H groups in total. The van der Waals surface area contributed by atoms with E-state index in [9.17, 15) is 14.0 Å². The van der Waals surface area contributed by atoms with Crippen LogP contribution in [0.2, 0.25) is 0 Å². The summed E-state index contributed by atoms with van der Waals surface area (Å²) in [6.07, 6.45) is 0.386. The van der Waals surface area contributed by atoms with Crippen molar-refractivity contribution in [2.75, 3.05) is 7.11 Å². The van der Waals surface area contributed by atoms with Crippen LogP contribution in [-0.2, 0) is 4.74 Å². The first-order valence-corrected chi connectivity index (χ1v) is 3.94. The van der Waals surface area contributed by atoms with E-state index in [-0.39, 0.29) is 11.1 Å². The molecule has 0 bridgehead atoms. The van der Waals surface area contributed by atoms with Gasteiger partial charge in [-0.25, -0.2) is 9.18 Å². The minimum Gasteiger partial charge on any atom is -0.465 e. The van der Waals surface area contributed by atoms with Gasteiger partial charge in [0, 0.05) is 0 Å². The van der Waals surface area contributed by atoms with E-state index < -0.39 is 11.8 Å². The molecule has 4 heteroatoms. The van der Waals surface area contributed by atoms with Crippen molar-refractivity contribution in [3.8, 4) is 0 Å². The third-order valence-corrected chi connectivity index (χ3v) is 1.92. The molecule has 0 aliphatic carbocycles. The summed E-state index contributed by atoms with van der Waals surface area (Å²) in [5.74, 6) is -1.61. The molecule has 1 aromatic carbocycles. The lowest BCUT2D eigenvalue weighted by molar-refractivity contribution is 0.0595. The number of hydrogen-bond acceptors (Lipinski definition) is 3. The van der Waals surface area contributed by atoms with Crippen LogP contribution in [0.25, 0.3) is 0 Å². The number of ether oxygens (including phenoxy) is 1. The molecule has 14 heavy (non-hydrogen) atoms. The van der Waals surface area contributed by atoms with Crippen molar-refractivity contribution in [2.45, 2.75) is 6.92 Å². The highest BCUT2D eigenvalue weighted by Crippen LogP contribution is 2.16. The molecule has 0 heterocycles. The van der Waals surface area contributed by atoms with Crippen molar-refractivity contribution in [3.63, 3.8) is 0 Å². The number of halogens is 1. The standard InChI is InChI=1S/C10H9FO3/c1-6-3-4-7(10(13)14-2)9(11)8(6)5-12/h3-5H,1-2H3. The van der Waals surface area contributed by atoms with Crippen LogP contribution in [0.1, 0.15) is 26.3 Å². The molecule has 0 amide bonds. The Kier molecular flexibility index (Phi) is 2.96. The van der Waals surface area contributed by atoms with Crippen LogP contribution in [0.3, 0.4) is 0 Å². The summed E-state index contributed by atoms with van der Waals surface area (Å²) < 4.78 is 17.8. The maximum atomic E-state index is 13.4. The molecule has 0 saturated carbocycles. The van der Waals surface area contributed by atoms with Crippen LogP contribution in [0.4, 0.5) is 4.39 Å². The average Bonchev–Trinajstić information content (AvgIpc) is 2.18. The van der Waals surface area contributed by atoms with E-state index in [0.717, 1.165) is 7.11 Å². The number of aldehydes is 1. The largest absolute Gasteiger partial charge is 0.465 e. The molecule has 0 spiro atoms. The van der Waals surface area contributed by atoms with Crippen LogP contribution in [0.5, 0.6) is 0 Å². The molecule has 0 fully saturated rings. The zero-order chi connectivity index (χ0) is 10.7. The second kappa shape index (κ2) is 4.00. The van der Waals surface area contributed by atoms with E-state index in [1.807, 2.05) is 0 Å². The minimum atomic E-state index is -0.827. The third-order valence-electron chi connectivity index (χ3n) is 1.92. The van der Waals surface area contributed by atoms with Crippen molar-refractivity contribution in [2.24, 2.45) is 0 Å². The van der Waals surface area contributed by atoms with Crippen molar-refractivity contribution in [3.05, 3.63) is 34.6 Å². The summed E-state index contributed by atoms with van der Waals surface area (Å²) in [6, 6.07) is 2.79. The predicted molar refractivity (Wildman–Crippen MR) is 47.9 cm³/mol. The number of carbonyl (C=O) groups is 2. The lowest BCUT2D eigenvalue weighted by atomic mass is 10.1. The number of carbonyl (C=O) groups excluding carboxylic acids is 2. The monoisotopic (exact) mass is 196 g/mol. The molecule has 0 saturated heterocycles. The van der Waals surface area contributed by atoms with Gasteiger partial charge >= 0.3 is 5.97 Å². The Balaban J connectivity index is 3.35. The van der Waals surface area contributed by atoms with Crippen molar-refractivity contribution >= 4 is 12.3 Å². The first kappa shape index (κ1) is 10.4. The fourth-order valence-corrected chi connectivity index (χ4v) is 1.10. The molecule has 1 rings (SSSR count). The maximum Gasteiger partial charge on any atom is 0.340 e. The quantitative estimate of drug-likeness (QED) is 0.534. The van der Waals surface area contributed by atoms with Crippen LogP contribution < -0.4 is 0 Å². The van der Waals surface area contributed by atoms with Gasteiger partial charge in [0.05, 0.1) is 18.2 Å². The average molecular weight is 196 g/mol. The number of hydrogen-bond donors (Lipinski definition) is 0. The van der Waals surface area contributed by atoms with Gasteiger partial charge in [0.1, 0.15) is 5.82 Å². The fraction of sp³-hybridized carbons (Fsp3) is 0.200. The van der Waals surface area contributed by atoms with E-state index in [0.29, 0.717) is 11.8 Å². The Labute approximate surface area is 80.5 Å². The van der Waals surface area contributed by atoms with E-state index in [4.69, 9.17) is 0 Å². The lowest BCUT2D eigenvalue weighted by Crippen LogP contribution is -2.07. The number of aryl methyl sites for hydroxylation is 1. The van der Waals surface area contributed by atoms with Gasteiger partial charge in [0.2, 0.25) is 0 Å². The summed E-state index contributed by atoms with van der Waals surface area (Å²) in [5.41, 5.74) is 0.165. The van der Waals surface area contributed by atoms with Crippen molar-refractivity contribution < 1.29 is 18.7 Å². The number of methoxy groups -OCH3 is 1. The van der Waals surface area contributed by atoms with Gasteiger partial charge in [-0.3, -0.25) is 4.79 Å². The lowest BCUT2D eigenvalue weighted by Gasteiger charge is -2.04. The van der Waals surface area contributed by atoms with Gasteiger partial charge in [-0.2, -0.15) is 0 Å². The zero-order valence-electron chi connectivity index (χ0n) is 7.83. The second-order valence-electron chi connectivity index (χ2n) is 2.77. The van der Waals surface area contributed by atoms with Gasteiger partial charge in [-0.1, -0.05) is 6.07 Å². The molecule has 0 aliphatic rings. The number of esters is 1. The second-order valence-corrected chi connectivity index (χ2v) is 2.77. The Morgan fingerprint density at radius 1 is 1.50 bits per heavy atom. The molecule has 0 aliphatic heterocycles.